The Morgan fingerprint density at radius 2 is 1.82 bits per heavy atom. The first-order chi connectivity index (χ1) is 13.3. The van der Waals surface area contributed by atoms with Crippen molar-refractivity contribution in [2.24, 2.45) is 0 Å². The lowest BCUT2D eigenvalue weighted by molar-refractivity contribution is 0.0821. The average molecular weight is 395 g/mol. The van der Waals surface area contributed by atoms with Crippen LogP contribution < -0.4 is 5.32 Å². The third-order valence-electron chi connectivity index (χ3n) is 4.33. The van der Waals surface area contributed by atoms with E-state index < -0.39 is 0 Å². The monoisotopic (exact) mass is 394 g/mol. The minimum Gasteiger partial charge on any atom is -0.343 e. The maximum absolute atomic E-state index is 12.6. The Balaban J connectivity index is 1.79. The van der Waals surface area contributed by atoms with Crippen molar-refractivity contribution in [2.45, 2.75) is 20.8 Å². The van der Waals surface area contributed by atoms with Gasteiger partial charge in [-0.05, 0) is 44.0 Å². The molecule has 0 saturated heterocycles. The van der Waals surface area contributed by atoms with Crippen molar-refractivity contribution in [3.05, 3.63) is 64.6 Å². The standard InChI is InChI=1S/C21H22N4O2S/c1-12-6-7-15(13(2)10-12)18-11-22-21(28-18)24-19(26)16-8-9-17(23-14(16)3)20(27)25(4)5/h6-11H,1-5H3,(H,22,24,26). The molecule has 1 N–H and O–H groups in total. The second-order valence-electron chi connectivity index (χ2n) is 6.83. The van der Waals surface area contributed by atoms with Gasteiger partial charge in [-0.25, -0.2) is 9.97 Å². The number of amides is 2. The van der Waals surface area contributed by atoms with Crippen LogP contribution in [0.2, 0.25) is 0 Å². The van der Waals surface area contributed by atoms with Crippen LogP contribution in [0, 0.1) is 20.8 Å². The minimum atomic E-state index is -0.296. The topological polar surface area (TPSA) is 75.2 Å². The van der Waals surface area contributed by atoms with Crippen molar-refractivity contribution < 1.29 is 9.59 Å². The Morgan fingerprint density at radius 1 is 1.07 bits per heavy atom. The van der Waals surface area contributed by atoms with E-state index >= 15 is 0 Å². The zero-order valence-electron chi connectivity index (χ0n) is 16.5. The van der Waals surface area contributed by atoms with Crippen LogP contribution >= 0.6 is 11.3 Å². The molecular weight excluding hydrogens is 372 g/mol. The molecule has 1 aromatic carbocycles. The summed E-state index contributed by atoms with van der Waals surface area (Å²) in [7, 11) is 3.32. The molecular formula is C21H22N4O2S. The van der Waals surface area contributed by atoms with Gasteiger partial charge in [-0.2, -0.15) is 0 Å². The van der Waals surface area contributed by atoms with E-state index in [1.165, 1.54) is 27.4 Å². The Labute approximate surface area is 168 Å². The molecule has 0 fully saturated rings. The number of thiazole rings is 1. The van der Waals surface area contributed by atoms with Gasteiger partial charge in [-0.3, -0.25) is 14.9 Å². The summed E-state index contributed by atoms with van der Waals surface area (Å²) in [6, 6.07) is 9.43. The van der Waals surface area contributed by atoms with E-state index in [9.17, 15) is 9.59 Å². The van der Waals surface area contributed by atoms with Gasteiger partial charge >= 0.3 is 0 Å². The number of nitrogens with one attached hydrogen (secondary N) is 1. The predicted molar refractivity (Wildman–Crippen MR) is 112 cm³/mol. The zero-order valence-corrected chi connectivity index (χ0v) is 17.3. The van der Waals surface area contributed by atoms with Gasteiger partial charge in [0.2, 0.25) is 0 Å². The maximum Gasteiger partial charge on any atom is 0.271 e. The van der Waals surface area contributed by atoms with Gasteiger partial charge in [0.25, 0.3) is 11.8 Å². The lowest BCUT2D eigenvalue weighted by atomic mass is 10.1. The number of nitrogens with zero attached hydrogens (tertiary/aromatic N) is 3. The summed E-state index contributed by atoms with van der Waals surface area (Å²) < 4.78 is 0. The van der Waals surface area contributed by atoms with E-state index in [0.717, 1.165) is 10.4 Å². The molecule has 2 amide bonds. The van der Waals surface area contributed by atoms with Crippen LogP contribution in [0.3, 0.4) is 0 Å². The van der Waals surface area contributed by atoms with Gasteiger partial charge in [0.05, 0.1) is 16.1 Å². The highest BCUT2D eigenvalue weighted by Crippen LogP contribution is 2.31. The number of carbonyl (C=O) groups excluding carboxylic acids is 2. The SMILES string of the molecule is Cc1ccc(-c2cnc(NC(=O)c3ccc(C(=O)N(C)C)nc3C)s2)c(C)c1. The Morgan fingerprint density at radius 3 is 2.46 bits per heavy atom. The van der Waals surface area contributed by atoms with E-state index in [1.807, 2.05) is 0 Å². The average Bonchev–Trinajstić information content (AvgIpc) is 3.08. The molecule has 0 bridgehead atoms. The number of carbonyl (C=O) groups is 2. The lowest BCUT2D eigenvalue weighted by Crippen LogP contribution is -2.23. The number of pyridine rings is 1. The summed E-state index contributed by atoms with van der Waals surface area (Å²) in [6.07, 6.45) is 1.77. The van der Waals surface area contributed by atoms with Crippen LogP contribution in [0.5, 0.6) is 0 Å². The molecule has 7 heteroatoms. The molecule has 0 unspecified atom stereocenters. The van der Waals surface area contributed by atoms with Crippen LogP contribution in [0.1, 0.15) is 37.7 Å². The lowest BCUT2D eigenvalue weighted by Gasteiger charge is -2.11. The molecule has 0 aliphatic rings. The fourth-order valence-electron chi connectivity index (χ4n) is 2.86. The third-order valence-corrected chi connectivity index (χ3v) is 5.28. The van der Waals surface area contributed by atoms with Gasteiger partial charge in [-0.15, -0.1) is 0 Å². The van der Waals surface area contributed by atoms with Gasteiger partial charge in [0, 0.05) is 20.3 Å². The van der Waals surface area contributed by atoms with E-state index in [1.54, 1.807) is 39.3 Å². The molecule has 2 heterocycles. The van der Waals surface area contributed by atoms with Crippen molar-refractivity contribution >= 4 is 28.3 Å². The second-order valence-corrected chi connectivity index (χ2v) is 7.86. The zero-order chi connectivity index (χ0) is 20.4. The highest BCUT2D eigenvalue weighted by molar-refractivity contribution is 7.19. The summed E-state index contributed by atoms with van der Waals surface area (Å²) >= 11 is 1.42. The number of aromatic nitrogens is 2. The summed E-state index contributed by atoms with van der Waals surface area (Å²) in [5.41, 5.74) is 4.70. The first-order valence-corrected chi connectivity index (χ1v) is 9.62. The number of hydrogen-bond donors (Lipinski definition) is 1. The van der Waals surface area contributed by atoms with Crippen molar-refractivity contribution in [1.29, 1.82) is 0 Å². The van der Waals surface area contributed by atoms with Crippen LogP contribution in [-0.4, -0.2) is 40.8 Å². The summed E-state index contributed by atoms with van der Waals surface area (Å²) in [4.78, 5) is 35.7. The minimum absolute atomic E-state index is 0.201. The van der Waals surface area contributed by atoms with E-state index in [0.29, 0.717) is 22.1 Å². The fourth-order valence-corrected chi connectivity index (χ4v) is 3.76. The molecule has 28 heavy (non-hydrogen) atoms. The smallest absolute Gasteiger partial charge is 0.271 e. The normalized spacial score (nSPS) is 10.6. The van der Waals surface area contributed by atoms with Gasteiger partial charge in [0.1, 0.15) is 5.69 Å². The number of aryl methyl sites for hydroxylation is 3. The Kier molecular flexibility index (Phi) is 5.56. The van der Waals surface area contributed by atoms with Crippen molar-refractivity contribution in [2.75, 3.05) is 19.4 Å². The molecule has 3 aromatic rings. The van der Waals surface area contributed by atoms with Gasteiger partial charge < -0.3 is 4.90 Å². The van der Waals surface area contributed by atoms with Crippen molar-refractivity contribution in [1.82, 2.24) is 14.9 Å². The van der Waals surface area contributed by atoms with E-state index in [2.05, 4.69) is 47.3 Å². The number of hydrogen-bond acceptors (Lipinski definition) is 5. The first kappa shape index (κ1) is 19.7. The Hall–Kier alpha value is -3.06. The van der Waals surface area contributed by atoms with E-state index in [4.69, 9.17) is 0 Å². The third kappa shape index (κ3) is 4.09. The molecule has 6 nitrogen and oxygen atoms in total. The number of anilines is 1. The summed E-state index contributed by atoms with van der Waals surface area (Å²) in [6.45, 7) is 5.83. The van der Waals surface area contributed by atoms with Crippen LogP contribution in [0.4, 0.5) is 5.13 Å². The second kappa shape index (κ2) is 7.90. The van der Waals surface area contributed by atoms with Gasteiger partial charge in [0.15, 0.2) is 5.13 Å². The van der Waals surface area contributed by atoms with Crippen LogP contribution in [0.15, 0.2) is 36.5 Å². The van der Waals surface area contributed by atoms with Crippen molar-refractivity contribution in [3.63, 3.8) is 0 Å². The first-order valence-electron chi connectivity index (χ1n) is 8.80. The molecule has 0 radical (unpaired) electrons. The van der Waals surface area contributed by atoms with Crippen LogP contribution in [-0.2, 0) is 0 Å². The number of rotatable bonds is 4. The summed E-state index contributed by atoms with van der Waals surface area (Å²) in [5.74, 6) is -0.497. The molecule has 0 saturated carbocycles. The number of benzene rings is 1. The Bertz CT molecular complexity index is 1060. The quantitative estimate of drug-likeness (QED) is 0.723. The largest absolute Gasteiger partial charge is 0.343 e. The molecule has 0 aliphatic heterocycles. The molecule has 0 aliphatic carbocycles. The summed E-state index contributed by atoms with van der Waals surface area (Å²) in [5, 5.41) is 3.35. The van der Waals surface area contributed by atoms with Crippen LogP contribution in [0.25, 0.3) is 10.4 Å². The molecule has 2 aromatic heterocycles. The molecule has 144 valence electrons. The van der Waals surface area contributed by atoms with Crippen molar-refractivity contribution in [3.8, 4) is 10.4 Å². The predicted octanol–water partition coefficient (Wildman–Crippen LogP) is 4.08. The highest BCUT2D eigenvalue weighted by atomic mass is 32.1. The highest BCUT2D eigenvalue weighted by Gasteiger charge is 2.16. The molecule has 0 spiro atoms. The molecule has 3 rings (SSSR count). The van der Waals surface area contributed by atoms with E-state index in [-0.39, 0.29) is 11.8 Å². The molecule has 0 atom stereocenters. The fraction of sp³-hybridized carbons (Fsp3) is 0.238. The maximum atomic E-state index is 12.6. The van der Waals surface area contributed by atoms with Gasteiger partial charge in [-0.1, -0.05) is 35.1 Å².